The van der Waals surface area contributed by atoms with Crippen molar-refractivity contribution in [2.75, 3.05) is 46.8 Å². The Hall–Kier alpha value is -4.10. The third kappa shape index (κ3) is 5.42. The predicted molar refractivity (Wildman–Crippen MR) is 179 cm³/mol. The maximum absolute atomic E-state index is 5.88. The summed E-state index contributed by atoms with van der Waals surface area (Å²) in [5.74, 6) is 1.73. The second-order valence-corrected chi connectivity index (χ2v) is 12.2. The Kier molecular flexibility index (Phi) is 8.01. The summed E-state index contributed by atoms with van der Waals surface area (Å²) in [6.07, 6.45) is 10.0. The van der Waals surface area contributed by atoms with E-state index in [2.05, 4.69) is 81.8 Å². The van der Waals surface area contributed by atoms with Crippen molar-refractivity contribution in [1.29, 1.82) is 0 Å². The number of aryl methyl sites for hydroxylation is 1. The van der Waals surface area contributed by atoms with Crippen molar-refractivity contribution < 1.29 is 4.74 Å². The number of benzene rings is 2. The molecule has 6 rings (SSSR count). The zero-order valence-corrected chi connectivity index (χ0v) is 27.3. The number of aromatic nitrogens is 6. The number of hydrogen-bond donors (Lipinski definition) is 2. The molecule has 0 unspecified atom stereocenters. The molecule has 0 saturated heterocycles. The lowest BCUT2D eigenvalue weighted by Crippen LogP contribution is -2.32. The fourth-order valence-electron chi connectivity index (χ4n) is 5.45. The zero-order chi connectivity index (χ0) is 30.2. The lowest BCUT2D eigenvalue weighted by atomic mass is 10.0. The van der Waals surface area contributed by atoms with Gasteiger partial charge in [0.15, 0.2) is 0 Å². The molecule has 1 aliphatic rings. The maximum Gasteiger partial charge on any atom is 0.229 e. The van der Waals surface area contributed by atoms with Gasteiger partial charge in [-0.2, -0.15) is 10.1 Å². The third-order valence-electron chi connectivity index (χ3n) is 7.64. The molecule has 11 nitrogen and oxygen atoms in total. The van der Waals surface area contributed by atoms with E-state index in [1.165, 1.54) is 5.69 Å². The first kappa shape index (κ1) is 29.0. The van der Waals surface area contributed by atoms with Crippen LogP contribution in [0.25, 0.3) is 22.2 Å². The molecule has 0 atom stereocenters. The number of anilines is 6. The second kappa shape index (κ2) is 11.9. The highest BCUT2D eigenvalue weighted by atomic mass is 79.9. The smallest absolute Gasteiger partial charge is 0.229 e. The van der Waals surface area contributed by atoms with Crippen molar-refractivity contribution in [3.05, 3.63) is 59.2 Å². The molecule has 3 aromatic heterocycles. The summed E-state index contributed by atoms with van der Waals surface area (Å²) in [6, 6.07) is 8.47. The fraction of sp³-hybridized carbons (Fsp3) is 0.300. The molecule has 0 radical (unpaired) electrons. The number of methoxy groups -OCH3 is 1. The SMILES string of the molecule is COc1cc2c(cc1Nc1ncc(Br)c(Nc3ccc4nccnc4c3N(C)SC)n1)-c1cnn(C)c1CCN2C(C)C. The van der Waals surface area contributed by atoms with E-state index in [1.54, 1.807) is 37.6 Å². The lowest BCUT2D eigenvalue weighted by Gasteiger charge is -2.30. The molecule has 0 bridgehead atoms. The summed E-state index contributed by atoms with van der Waals surface area (Å²) in [4.78, 5) is 20.9. The van der Waals surface area contributed by atoms with Crippen LogP contribution in [0.15, 0.2) is 53.5 Å². The number of nitrogens with zero attached hydrogens (tertiary/aromatic N) is 8. The molecule has 0 aliphatic carbocycles. The van der Waals surface area contributed by atoms with E-state index in [9.17, 15) is 0 Å². The minimum Gasteiger partial charge on any atom is -0.494 e. The van der Waals surface area contributed by atoms with E-state index in [1.807, 2.05) is 43.4 Å². The van der Waals surface area contributed by atoms with Gasteiger partial charge in [0.25, 0.3) is 0 Å². The first-order chi connectivity index (χ1) is 20.8. The van der Waals surface area contributed by atoms with Gasteiger partial charge in [0, 0.05) is 86.5 Å². The van der Waals surface area contributed by atoms with Crippen LogP contribution in [-0.2, 0) is 13.5 Å². The van der Waals surface area contributed by atoms with E-state index < -0.39 is 0 Å². The first-order valence-electron chi connectivity index (χ1n) is 13.9. The maximum atomic E-state index is 5.88. The van der Waals surface area contributed by atoms with Crippen LogP contribution < -0.4 is 24.6 Å². The Morgan fingerprint density at radius 1 is 1.05 bits per heavy atom. The highest BCUT2D eigenvalue weighted by Crippen LogP contribution is 2.44. The van der Waals surface area contributed by atoms with E-state index >= 15 is 0 Å². The normalized spacial score (nSPS) is 12.6. The van der Waals surface area contributed by atoms with Crippen LogP contribution in [0, 0.1) is 0 Å². The number of fused-ring (bicyclic) bond motifs is 4. The topological polar surface area (TPSA) is 109 Å². The van der Waals surface area contributed by atoms with Crippen LogP contribution in [0.1, 0.15) is 19.5 Å². The molecule has 0 fully saturated rings. The summed E-state index contributed by atoms with van der Waals surface area (Å²) in [6.45, 7) is 5.32. The van der Waals surface area contributed by atoms with Crippen LogP contribution in [0.2, 0.25) is 0 Å². The quantitative estimate of drug-likeness (QED) is 0.177. The van der Waals surface area contributed by atoms with Crippen molar-refractivity contribution in [1.82, 2.24) is 29.7 Å². The zero-order valence-electron chi connectivity index (χ0n) is 24.9. The van der Waals surface area contributed by atoms with Gasteiger partial charge < -0.3 is 24.6 Å². The second-order valence-electron chi connectivity index (χ2n) is 10.4. The Labute approximate surface area is 263 Å². The predicted octanol–water partition coefficient (Wildman–Crippen LogP) is 6.56. The van der Waals surface area contributed by atoms with E-state index in [-0.39, 0.29) is 0 Å². The molecule has 0 spiro atoms. The lowest BCUT2D eigenvalue weighted by molar-refractivity contribution is 0.416. The van der Waals surface area contributed by atoms with Crippen LogP contribution in [-0.4, -0.2) is 62.7 Å². The Bertz CT molecular complexity index is 1810. The summed E-state index contributed by atoms with van der Waals surface area (Å²) in [5.41, 5.74) is 8.67. The molecule has 0 saturated carbocycles. The van der Waals surface area contributed by atoms with Gasteiger partial charge in [-0.25, -0.2) is 4.98 Å². The molecular formula is C30H33BrN10OS. The van der Waals surface area contributed by atoms with Gasteiger partial charge in [0.1, 0.15) is 17.1 Å². The molecular weight excluding hydrogens is 628 g/mol. The summed E-state index contributed by atoms with van der Waals surface area (Å²) in [7, 11) is 5.68. The number of ether oxygens (including phenoxy) is 1. The van der Waals surface area contributed by atoms with Gasteiger partial charge >= 0.3 is 0 Å². The van der Waals surface area contributed by atoms with Crippen LogP contribution in [0.5, 0.6) is 5.75 Å². The van der Waals surface area contributed by atoms with Gasteiger partial charge in [-0.15, -0.1) is 0 Å². The number of hydrogen-bond acceptors (Lipinski definition) is 11. The van der Waals surface area contributed by atoms with Gasteiger partial charge in [-0.05, 0) is 48.0 Å². The standard InChI is InChI=1S/C30H33BrN10OS/c1-17(2)41-12-9-24-19(15-35-39(24)3)18-13-23(26(42-5)14-25(18)41)37-30-34-16-20(31)29(38-30)36-22-8-7-21-27(33-11-10-32-21)28(22)40(4)43-6/h7-8,10-11,13-17H,9,12H2,1-6H3,(H2,34,36,37,38). The Morgan fingerprint density at radius 3 is 2.63 bits per heavy atom. The summed E-state index contributed by atoms with van der Waals surface area (Å²) >= 11 is 5.21. The van der Waals surface area contributed by atoms with Crippen molar-refractivity contribution in [3.8, 4) is 16.9 Å². The number of halogens is 1. The van der Waals surface area contributed by atoms with E-state index in [4.69, 9.17) is 9.72 Å². The first-order valence-corrected chi connectivity index (χ1v) is 15.8. The minimum atomic E-state index is 0.323. The molecule has 5 aromatic rings. The van der Waals surface area contributed by atoms with Gasteiger partial charge in [-0.3, -0.25) is 14.6 Å². The largest absolute Gasteiger partial charge is 0.494 e. The third-order valence-corrected chi connectivity index (χ3v) is 8.95. The van der Waals surface area contributed by atoms with Crippen LogP contribution in [0.3, 0.4) is 0 Å². The molecule has 222 valence electrons. The van der Waals surface area contributed by atoms with Crippen molar-refractivity contribution >= 4 is 73.4 Å². The minimum absolute atomic E-state index is 0.323. The highest BCUT2D eigenvalue weighted by Gasteiger charge is 2.26. The Balaban J connectivity index is 1.39. The van der Waals surface area contributed by atoms with Crippen molar-refractivity contribution in [3.63, 3.8) is 0 Å². The van der Waals surface area contributed by atoms with E-state index in [0.717, 1.165) is 62.3 Å². The Morgan fingerprint density at radius 2 is 1.86 bits per heavy atom. The van der Waals surface area contributed by atoms with Crippen LogP contribution in [0.4, 0.5) is 34.5 Å². The van der Waals surface area contributed by atoms with Gasteiger partial charge in [-0.1, -0.05) is 11.9 Å². The number of nitrogens with one attached hydrogen (secondary N) is 2. The van der Waals surface area contributed by atoms with Gasteiger partial charge in [0.2, 0.25) is 5.95 Å². The average Bonchev–Trinajstić information content (AvgIpc) is 3.29. The molecule has 43 heavy (non-hydrogen) atoms. The molecule has 2 N–H and O–H groups in total. The highest BCUT2D eigenvalue weighted by molar-refractivity contribution is 9.10. The molecule has 2 aromatic carbocycles. The van der Waals surface area contributed by atoms with Crippen molar-refractivity contribution in [2.24, 2.45) is 7.05 Å². The fourth-order valence-corrected chi connectivity index (χ4v) is 6.11. The molecule has 4 heterocycles. The molecule has 1 aliphatic heterocycles. The summed E-state index contributed by atoms with van der Waals surface area (Å²) < 4.78 is 10.6. The van der Waals surface area contributed by atoms with E-state index in [0.29, 0.717) is 23.6 Å². The monoisotopic (exact) mass is 660 g/mol. The molecule has 13 heteroatoms. The van der Waals surface area contributed by atoms with Crippen LogP contribution >= 0.6 is 27.9 Å². The summed E-state index contributed by atoms with van der Waals surface area (Å²) in [5, 5.41) is 11.5. The van der Waals surface area contributed by atoms with Gasteiger partial charge in [0.05, 0.1) is 40.4 Å². The van der Waals surface area contributed by atoms with Crippen molar-refractivity contribution in [2.45, 2.75) is 26.3 Å². The number of rotatable bonds is 8. The molecule has 0 amide bonds. The average molecular weight is 662 g/mol.